The second-order valence-electron chi connectivity index (χ2n) is 7.23. The van der Waals surface area contributed by atoms with E-state index in [2.05, 4.69) is 10.2 Å². The van der Waals surface area contributed by atoms with Crippen molar-refractivity contribution in [1.29, 1.82) is 0 Å². The number of carbonyl (C=O) groups excluding carboxylic acids is 1. The van der Waals surface area contributed by atoms with Crippen molar-refractivity contribution in [2.24, 2.45) is 0 Å². The molecule has 11 heteroatoms. The van der Waals surface area contributed by atoms with E-state index in [-0.39, 0.29) is 17.0 Å². The number of likely N-dealkylation sites (tertiary alicyclic amines) is 1. The van der Waals surface area contributed by atoms with Gasteiger partial charge in [0.25, 0.3) is 17.3 Å². The number of hydrogen-bond donors (Lipinski definition) is 0. The molecule has 2 aromatic heterocycles. The number of aromatic nitrogens is 3. The third kappa shape index (κ3) is 3.34. The Balaban J connectivity index is 1.65. The molecule has 4 rings (SSSR count). The van der Waals surface area contributed by atoms with Crippen LogP contribution in [-0.2, 0) is 0 Å². The van der Waals surface area contributed by atoms with Crippen molar-refractivity contribution in [3.63, 3.8) is 0 Å². The number of benzene rings is 1. The normalized spacial score (nSPS) is 16.6. The summed E-state index contributed by atoms with van der Waals surface area (Å²) < 4.78 is 1.88. The Labute approximate surface area is 170 Å². The average Bonchev–Trinajstić information content (AvgIpc) is 3.17. The minimum absolute atomic E-state index is 0.0597. The van der Waals surface area contributed by atoms with E-state index in [9.17, 15) is 25.0 Å². The summed E-state index contributed by atoms with van der Waals surface area (Å²) in [6, 6.07) is 7.80. The molecule has 3 aromatic rings. The molecule has 0 radical (unpaired) electrons. The fourth-order valence-electron chi connectivity index (χ4n) is 3.88. The molecule has 154 valence electrons. The highest BCUT2D eigenvalue weighted by Gasteiger charge is 2.31. The number of nitro groups is 2. The molecule has 0 aliphatic carbocycles. The highest BCUT2D eigenvalue weighted by Crippen LogP contribution is 2.32. The van der Waals surface area contributed by atoms with Gasteiger partial charge in [0.05, 0.1) is 15.4 Å². The third-order valence-electron chi connectivity index (χ3n) is 5.41. The van der Waals surface area contributed by atoms with Crippen molar-refractivity contribution >= 4 is 22.9 Å². The van der Waals surface area contributed by atoms with E-state index in [0.29, 0.717) is 25.2 Å². The molecule has 1 unspecified atom stereocenters. The minimum atomic E-state index is -0.708. The van der Waals surface area contributed by atoms with Crippen LogP contribution < -0.4 is 0 Å². The summed E-state index contributed by atoms with van der Waals surface area (Å²) >= 11 is 0. The molecule has 1 fully saturated rings. The van der Waals surface area contributed by atoms with Gasteiger partial charge in [0.1, 0.15) is 11.4 Å². The third-order valence-corrected chi connectivity index (χ3v) is 5.41. The van der Waals surface area contributed by atoms with Gasteiger partial charge in [0, 0.05) is 37.3 Å². The molecule has 30 heavy (non-hydrogen) atoms. The van der Waals surface area contributed by atoms with Crippen LogP contribution in [0.15, 0.2) is 36.5 Å². The van der Waals surface area contributed by atoms with Gasteiger partial charge < -0.3 is 4.90 Å². The highest BCUT2D eigenvalue weighted by atomic mass is 16.6. The van der Waals surface area contributed by atoms with Crippen molar-refractivity contribution in [3.8, 4) is 0 Å². The Morgan fingerprint density at radius 1 is 1.13 bits per heavy atom. The lowest BCUT2D eigenvalue weighted by molar-refractivity contribution is -0.395. The van der Waals surface area contributed by atoms with E-state index >= 15 is 0 Å². The zero-order valence-corrected chi connectivity index (χ0v) is 16.1. The number of amides is 1. The largest absolute Gasteiger partial charge is 0.338 e. The quantitative estimate of drug-likeness (QED) is 0.476. The fourth-order valence-corrected chi connectivity index (χ4v) is 3.88. The Morgan fingerprint density at radius 3 is 2.50 bits per heavy atom. The van der Waals surface area contributed by atoms with E-state index < -0.39 is 27.1 Å². The molecule has 0 bridgehead atoms. The number of fused-ring (bicyclic) bond motifs is 1. The Hall–Kier alpha value is -3.89. The van der Waals surface area contributed by atoms with E-state index in [0.717, 1.165) is 24.4 Å². The summed E-state index contributed by atoms with van der Waals surface area (Å²) in [5.74, 6) is 0.208. The molecule has 0 N–H and O–H groups in total. The van der Waals surface area contributed by atoms with Crippen LogP contribution in [0.25, 0.3) is 5.65 Å². The van der Waals surface area contributed by atoms with Crippen LogP contribution >= 0.6 is 0 Å². The van der Waals surface area contributed by atoms with Crippen LogP contribution in [0.1, 0.15) is 40.5 Å². The molecule has 11 nitrogen and oxygen atoms in total. The van der Waals surface area contributed by atoms with E-state index in [1.54, 1.807) is 4.90 Å². The fraction of sp³-hybridized carbons (Fsp3) is 0.316. The highest BCUT2D eigenvalue weighted by molar-refractivity contribution is 5.96. The summed E-state index contributed by atoms with van der Waals surface area (Å²) in [4.78, 5) is 35.9. The average molecular weight is 410 g/mol. The number of hydrogen-bond acceptors (Lipinski definition) is 7. The summed E-state index contributed by atoms with van der Waals surface area (Å²) in [7, 11) is 0. The SMILES string of the molecule is Cc1c([N+](=O)[O-])cc(C(=O)N2CCCC(c3nnc4ccccn34)C2)cc1[N+](=O)[O-]. The predicted molar refractivity (Wildman–Crippen MR) is 105 cm³/mol. The van der Waals surface area contributed by atoms with Gasteiger partial charge in [-0.15, -0.1) is 10.2 Å². The summed E-state index contributed by atoms with van der Waals surface area (Å²) in [6.07, 6.45) is 3.39. The van der Waals surface area contributed by atoms with E-state index in [1.807, 2.05) is 28.8 Å². The number of rotatable bonds is 4. The van der Waals surface area contributed by atoms with Crippen LogP contribution in [0.2, 0.25) is 0 Å². The molecule has 1 aromatic carbocycles. The number of piperidine rings is 1. The summed E-state index contributed by atoms with van der Waals surface area (Å²) in [5.41, 5.74) is -0.311. The lowest BCUT2D eigenvalue weighted by Gasteiger charge is -2.32. The van der Waals surface area contributed by atoms with Gasteiger partial charge in [-0.3, -0.25) is 29.4 Å². The van der Waals surface area contributed by atoms with E-state index in [4.69, 9.17) is 0 Å². The van der Waals surface area contributed by atoms with Crippen molar-refractivity contribution in [2.45, 2.75) is 25.7 Å². The maximum Gasteiger partial charge on any atom is 0.279 e. The monoisotopic (exact) mass is 410 g/mol. The second-order valence-corrected chi connectivity index (χ2v) is 7.23. The molecule has 0 spiro atoms. The smallest absolute Gasteiger partial charge is 0.279 e. The molecule has 1 amide bonds. The predicted octanol–water partition coefficient (Wildman–Crippen LogP) is 2.87. The second kappa shape index (κ2) is 7.50. The van der Waals surface area contributed by atoms with Gasteiger partial charge in [-0.25, -0.2) is 0 Å². The van der Waals surface area contributed by atoms with Crippen molar-refractivity contribution in [2.75, 3.05) is 13.1 Å². The Morgan fingerprint density at radius 2 is 1.83 bits per heavy atom. The lowest BCUT2D eigenvalue weighted by Crippen LogP contribution is -2.39. The first-order chi connectivity index (χ1) is 14.4. The van der Waals surface area contributed by atoms with Crippen molar-refractivity contribution in [1.82, 2.24) is 19.5 Å². The van der Waals surface area contributed by atoms with Crippen molar-refractivity contribution < 1.29 is 14.6 Å². The number of nitro benzene ring substituents is 2. The van der Waals surface area contributed by atoms with Gasteiger partial charge in [-0.1, -0.05) is 6.07 Å². The first-order valence-corrected chi connectivity index (χ1v) is 9.39. The maximum absolute atomic E-state index is 13.1. The number of pyridine rings is 1. The zero-order chi connectivity index (χ0) is 21.4. The first-order valence-electron chi connectivity index (χ1n) is 9.39. The molecule has 0 saturated carbocycles. The Kier molecular flexibility index (Phi) is 4.86. The topological polar surface area (TPSA) is 137 Å². The van der Waals surface area contributed by atoms with Crippen LogP contribution in [0.4, 0.5) is 11.4 Å². The van der Waals surface area contributed by atoms with Crippen LogP contribution in [0.3, 0.4) is 0 Å². The van der Waals surface area contributed by atoms with Crippen molar-refractivity contribution in [3.05, 3.63) is 73.7 Å². The van der Waals surface area contributed by atoms with Gasteiger partial charge >= 0.3 is 0 Å². The van der Waals surface area contributed by atoms with Gasteiger partial charge in [-0.2, -0.15) is 0 Å². The zero-order valence-electron chi connectivity index (χ0n) is 16.1. The molecular weight excluding hydrogens is 392 g/mol. The Bertz CT molecular complexity index is 1140. The van der Waals surface area contributed by atoms with Gasteiger partial charge in [-0.05, 0) is 31.9 Å². The van der Waals surface area contributed by atoms with Crippen LogP contribution in [0.5, 0.6) is 0 Å². The molecule has 3 heterocycles. The summed E-state index contributed by atoms with van der Waals surface area (Å²) in [6.45, 7) is 2.11. The first kappa shape index (κ1) is 19.4. The molecule has 1 aliphatic rings. The molecule has 1 atom stereocenters. The van der Waals surface area contributed by atoms with Gasteiger partial charge in [0.2, 0.25) is 0 Å². The molecular formula is C19H18N6O5. The summed E-state index contributed by atoms with van der Waals surface area (Å²) in [5, 5.41) is 31.1. The van der Waals surface area contributed by atoms with E-state index in [1.165, 1.54) is 6.92 Å². The molecule has 1 saturated heterocycles. The number of nitrogens with zero attached hydrogens (tertiary/aromatic N) is 6. The van der Waals surface area contributed by atoms with Crippen LogP contribution in [-0.4, -0.2) is 48.3 Å². The number of carbonyl (C=O) groups is 1. The van der Waals surface area contributed by atoms with Gasteiger partial charge in [0.15, 0.2) is 5.65 Å². The standard InChI is InChI=1S/C19H18N6O5/c1-12-15(24(27)28)9-14(10-16(12)25(29)30)19(26)22-7-4-5-13(11-22)18-21-20-17-6-2-3-8-23(17)18/h2-3,6,8-10,13H,4-5,7,11H2,1H3. The van der Waals surface area contributed by atoms with Crippen LogP contribution in [0, 0.1) is 27.2 Å². The lowest BCUT2D eigenvalue weighted by atomic mass is 9.96. The molecule has 1 aliphatic heterocycles. The minimum Gasteiger partial charge on any atom is -0.338 e. The maximum atomic E-state index is 13.1.